The van der Waals surface area contributed by atoms with Crippen LogP contribution >= 0.6 is 51.5 Å². The van der Waals surface area contributed by atoms with Gasteiger partial charge in [-0.2, -0.15) is 0 Å². The molecule has 0 radical (unpaired) electrons. The van der Waals surface area contributed by atoms with Crippen molar-refractivity contribution < 1.29 is 9.47 Å². The van der Waals surface area contributed by atoms with Crippen LogP contribution in [0.2, 0.25) is 10.0 Å². The molecule has 0 heterocycles. The van der Waals surface area contributed by atoms with E-state index < -0.39 is 0 Å². The number of unbranched alkanes of at least 4 members (excludes halogenated alkanes) is 1. The Morgan fingerprint density at radius 3 is 2.52 bits per heavy atom. The third-order valence-electron chi connectivity index (χ3n) is 3.79. The van der Waals surface area contributed by atoms with Crippen molar-refractivity contribution in [1.29, 1.82) is 0 Å². The molecule has 0 saturated heterocycles. The molecule has 0 unspecified atom stereocenters. The summed E-state index contributed by atoms with van der Waals surface area (Å²) in [5, 5.41) is 4.63. The highest BCUT2D eigenvalue weighted by Gasteiger charge is 2.13. The molecular formula is C20H25BrCl3NO2. The van der Waals surface area contributed by atoms with Gasteiger partial charge in [-0.15, -0.1) is 12.4 Å². The van der Waals surface area contributed by atoms with Gasteiger partial charge in [-0.25, -0.2) is 0 Å². The zero-order valence-electron chi connectivity index (χ0n) is 15.5. The Morgan fingerprint density at radius 1 is 1.07 bits per heavy atom. The highest BCUT2D eigenvalue weighted by molar-refractivity contribution is 9.10. The van der Waals surface area contributed by atoms with Gasteiger partial charge in [-0.05, 0) is 65.6 Å². The number of nitrogens with one attached hydrogen (secondary N) is 1. The third kappa shape index (κ3) is 7.71. The maximum Gasteiger partial charge on any atom is 0.175 e. The lowest BCUT2D eigenvalue weighted by molar-refractivity contribution is 0.267. The molecule has 2 aromatic carbocycles. The van der Waals surface area contributed by atoms with E-state index in [9.17, 15) is 0 Å². The van der Waals surface area contributed by atoms with Crippen LogP contribution in [-0.2, 0) is 13.2 Å². The summed E-state index contributed by atoms with van der Waals surface area (Å²) >= 11 is 15.8. The predicted octanol–water partition coefficient (Wildman–Crippen LogP) is 7.05. The van der Waals surface area contributed by atoms with Gasteiger partial charge in [0.15, 0.2) is 11.5 Å². The van der Waals surface area contributed by atoms with Crippen molar-refractivity contribution in [3.63, 3.8) is 0 Å². The molecule has 27 heavy (non-hydrogen) atoms. The van der Waals surface area contributed by atoms with E-state index in [1.165, 1.54) is 12.8 Å². The van der Waals surface area contributed by atoms with Crippen LogP contribution in [0.25, 0.3) is 0 Å². The van der Waals surface area contributed by atoms with Crippen molar-refractivity contribution in [3.05, 3.63) is 56.0 Å². The number of rotatable bonds is 10. The molecule has 0 aliphatic heterocycles. The van der Waals surface area contributed by atoms with Crippen molar-refractivity contribution in [3.8, 4) is 11.5 Å². The van der Waals surface area contributed by atoms with E-state index in [4.69, 9.17) is 32.7 Å². The Morgan fingerprint density at radius 2 is 1.85 bits per heavy atom. The van der Waals surface area contributed by atoms with E-state index in [0.717, 1.165) is 34.4 Å². The smallest absolute Gasteiger partial charge is 0.175 e. The second-order valence-electron chi connectivity index (χ2n) is 5.89. The van der Waals surface area contributed by atoms with E-state index in [1.807, 2.05) is 19.1 Å². The van der Waals surface area contributed by atoms with Crippen molar-refractivity contribution in [2.75, 3.05) is 13.2 Å². The summed E-state index contributed by atoms with van der Waals surface area (Å²) in [5.74, 6) is 1.40. The average Bonchev–Trinajstić information content (AvgIpc) is 2.60. The number of hydrogen-bond acceptors (Lipinski definition) is 3. The van der Waals surface area contributed by atoms with E-state index >= 15 is 0 Å². The van der Waals surface area contributed by atoms with E-state index in [2.05, 4.69) is 34.2 Å². The van der Waals surface area contributed by atoms with Gasteiger partial charge < -0.3 is 14.8 Å². The van der Waals surface area contributed by atoms with Gasteiger partial charge >= 0.3 is 0 Å². The van der Waals surface area contributed by atoms with E-state index in [0.29, 0.717) is 29.0 Å². The van der Waals surface area contributed by atoms with E-state index in [1.54, 1.807) is 12.1 Å². The molecule has 2 aromatic rings. The molecular weight excluding hydrogens is 472 g/mol. The first-order chi connectivity index (χ1) is 12.5. The van der Waals surface area contributed by atoms with Gasteiger partial charge in [0.1, 0.15) is 6.61 Å². The summed E-state index contributed by atoms with van der Waals surface area (Å²) in [6.45, 7) is 6.85. The van der Waals surface area contributed by atoms with Crippen molar-refractivity contribution >= 4 is 51.5 Å². The molecule has 0 aliphatic carbocycles. The second kappa shape index (κ2) is 12.7. The van der Waals surface area contributed by atoms with Crippen LogP contribution in [0, 0.1) is 0 Å². The minimum absolute atomic E-state index is 0. The third-order valence-corrected chi connectivity index (χ3v) is 4.97. The largest absolute Gasteiger partial charge is 0.490 e. The fraction of sp³-hybridized carbons (Fsp3) is 0.400. The van der Waals surface area contributed by atoms with Crippen molar-refractivity contribution in [2.24, 2.45) is 0 Å². The molecule has 0 aliphatic rings. The highest BCUT2D eigenvalue weighted by atomic mass is 79.9. The highest BCUT2D eigenvalue weighted by Crippen LogP contribution is 2.38. The average molecular weight is 498 g/mol. The fourth-order valence-electron chi connectivity index (χ4n) is 2.45. The maximum atomic E-state index is 6.23. The van der Waals surface area contributed by atoms with Gasteiger partial charge in [0, 0.05) is 22.2 Å². The van der Waals surface area contributed by atoms with E-state index in [-0.39, 0.29) is 12.4 Å². The zero-order chi connectivity index (χ0) is 18.9. The van der Waals surface area contributed by atoms with Crippen LogP contribution in [0.5, 0.6) is 11.5 Å². The topological polar surface area (TPSA) is 30.5 Å². The van der Waals surface area contributed by atoms with Gasteiger partial charge in [-0.3, -0.25) is 0 Å². The summed E-state index contributed by atoms with van der Waals surface area (Å²) < 4.78 is 12.7. The molecule has 0 bridgehead atoms. The first-order valence-corrected chi connectivity index (χ1v) is 10.3. The molecule has 150 valence electrons. The number of benzene rings is 2. The summed E-state index contributed by atoms with van der Waals surface area (Å²) in [6.07, 6.45) is 2.35. The van der Waals surface area contributed by atoms with Gasteiger partial charge in [0.25, 0.3) is 0 Å². The van der Waals surface area contributed by atoms with Crippen LogP contribution in [0.1, 0.15) is 37.8 Å². The lowest BCUT2D eigenvalue weighted by Gasteiger charge is -2.16. The van der Waals surface area contributed by atoms with Crippen molar-refractivity contribution in [1.82, 2.24) is 5.32 Å². The van der Waals surface area contributed by atoms with Crippen LogP contribution in [0.3, 0.4) is 0 Å². The first-order valence-electron chi connectivity index (χ1n) is 8.77. The monoisotopic (exact) mass is 495 g/mol. The summed E-state index contributed by atoms with van der Waals surface area (Å²) in [6, 6.07) is 9.46. The quantitative estimate of drug-likeness (QED) is 0.357. The Bertz CT molecular complexity index is 729. The molecule has 0 saturated carbocycles. The second-order valence-corrected chi connectivity index (χ2v) is 7.59. The summed E-state index contributed by atoms with van der Waals surface area (Å²) in [4.78, 5) is 0. The molecule has 7 heteroatoms. The zero-order valence-corrected chi connectivity index (χ0v) is 19.4. The molecule has 1 N–H and O–H groups in total. The molecule has 0 atom stereocenters. The Balaban J connectivity index is 0.00000364. The number of ether oxygens (including phenoxy) is 2. The lowest BCUT2D eigenvalue weighted by atomic mass is 10.2. The standard InChI is InChI=1S/C20H24BrCl2NO2.ClH/c1-3-5-8-24-12-14-9-17(21)20(19(10-14)25-4-2)26-13-15-6-7-16(22)11-18(15)23;/h6-7,9-11,24H,3-5,8,12-13H2,1-2H3;1H. The molecule has 0 fully saturated rings. The van der Waals surface area contributed by atoms with Gasteiger partial charge in [-0.1, -0.05) is 42.6 Å². The summed E-state index contributed by atoms with van der Waals surface area (Å²) in [5.41, 5.74) is 2.02. The van der Waals surface area contributed by atoms with Gasteiger partial charge in [0.2, 0.25) is 0 Å². The maximum absolute atomic E-state index is 6.23. The Hall–Kier alpha value is -0.650. The molecule has 0 aromatic heterocycles. The number of hydrogen-bond donors (Lipinski definition) is 1. The van der Waals surface area contributed by atoms with Crippen LogP contribution in [0.4, 0.5) is 0 Å². The van der Waals surface area contributed by atoms with Crippen LogP contribution in [0.15, 0.2) is 34.8 Å². The van der Waals surface area contributed by atoms with Gasteiger partial charge in [0.05, 0.1) is 11.1 Å². The van der Waals surface area contributed by atoms with Crippen molar-refractivity contribution in [2.45, 2.75) is 39.8 Å². The van der Waals surface area contributed by atoms with Crippen LogP contribution in [-0.4, -0.2) is 13.2 Å². The Labute approximate surface area is 186 Å². The number of halogens is 4. The minimum atomic E-state index is 0. The SMILES string of the molecule is CCCCNCc1cc(Br)c(OCc2ccc(Cl)cc2Cl)c(OCC)c1.Cl. The predicted molar refractivity (Wildman–Crippen MR) is 120 cm³/mol. The molecule has 0 amide bonds. The summed E-state index contributed by atoms with van der Waals surface area (Å²) in [7, 11) is 0. The normalized spacial score (nSPS) is 10.4. The molecule has 0 spiro atoms. The minimum Gasteiger partial charge on any atom is -0.490 e. The molecule has 2 rings (SSSR count). The fourth-order valence-corrected chi connectivity index (χ4v) is 3.52. The molecule has 3 nitrogen and oxygen atoms in total. The van der Waals surface area contributed by atoms with Crippen LogP contribution < -0.4 is 14.8 Å². The first kappa shape index (κ1) is 24.4. The Kier molecular flexibility index (Phi) is 11.5. The lowest BCUT2D eigenvalue weighted by Crippen LogP contribution is -2.14.